The molecule has 1 saturated heterocycles. The Hall–Kier alpha value is -2.13. The molecule has 2 rings (SSSR count). The van der Waals surface area contributed by atoms with Gasteiger partial charge in [-0.2, -0.15) is 5.26 Å². The molecule has 0 bridgehead atoms. The molecule has 0 amide bonds. The Morgan fingerprint density at radius 1 is 1.48 bits per heavy atom. The molecule has 0 aromatic heterocycles. The molecule has 6 heteroatoms. The molecular formula is C15H20N4O2. The fourth-order valence-corrected chi connectivity index (χ4v) is 2.66. The van der Waals surface area contributed by atoms with Crippen LogP contribution in [0.3, 0.4) is 0 Å². The quantitative estimate of drug-likeness (QED) is 0.642. The predicted molar refractivity (Wildman–Crippen MR) is 81.1 cm³/mol. The van der Waals surface area contributed by atoms with Crippen LogP contribution in [0.5, 0.6) is 0 Å². The number of nitrogens with zero attached hydrogens (tertiary/aromatic N) is 3. The number of benzene rings is 1. The van der Waals surface area contributed by atoms with E-state index in [4.69, 9.17) is 5.26 Å². The molecular weight excluding hydrogens is 268 g/mol. The minimum atomic E-state index is -0.422. The zero-order valence-corrected chi connectivity index (χ0v) is 12.2. The first-order valence-electron chi connectivity index (χ1n) is 7.25. The topological polar surface area (TPSA) is 82.2 Å². The van der Waals surface area contributed by atoms with Crippen molar-refractivity contribution in [1.29, 1.82) is 5.26 Å². The Kier molecular flexibility index (Phi) is 5.12. The van der Waals surface area contributed by atoms with Crippen LogP contribution in [0.25, 0.3) is 0 Å². The molecule has 1 aliphatic heterocycles. The second kappa shape index (κ2) is 7.04. The van der Waals surface area contributed by atoms with E-state index in [-0.39, 0.29) is 5.69 Å². The Balaban J connectivity index is 1.97. The molecule has 0 radical (unpaired) electrons. The van der Waals surface area contributed by atoms with Gasteiger partial charge in [-0.15, -0.1) is 0 Å². The number of rotatable bonds is 6. The van der Waals surface area contributed by atoms with Crippen molar-refractivity contribution in [3.63, 3.8) is 0 Å². The number of likely N-dealkylation sites (tertiary alicyclic amines) is 1. The SMILES string of the molecule is CC(CNc1cc(C#N)ccc1[N+](=O)[O-])CN1CCCC1. The predicted octanol–water partition coefficient (Wildman–Crippen LogP) is 2.61. The van der Waals surface area contributed by atoms with Gasteiger partial charge in [0.2, 0.25) is 0 Å². The Morgan fingerprint density at radius 2 is 2.19 bits per heavy atom. The van der Waals surface area contributed by atoms with E-state index in [1.54, 1.807) is 6.07 Å². The van der Waals surface area contributed by atoms with E-state index in [1.165, 1.54) is 25.0 Å². The lowest BCUT2D eigenvalue weighted by atomic mass is 10.1. The van der Waals surface area contributed by atoms with Crippen molar-refractivity contribution >= 4 is 11.4 Å². The standard InChI is InChI=1S/C15H20N4O2/c1-12(11-18-6-2-3-7-18)10-17-14-8-13(9-16)4-5-15(14)19(20)21/h4-5,8,12,17H,2-3,6-7,10-11H2,1H3. The molecule has 0 spiro atoms. The van der Waals surface area contributed by atoms with Crippen LogP contribution in [0.2, 0.25) is 0 Å². The van der Waals surface area contributed by atoms with Crippen molar-refractivity contribution < 1.29 is 4.92 Å². The minimum Gasteiger partial charge on any atom is -0.379 e. The molecule has 21 heavy (non-hydrogen) atoms. The van der Waals surface area contributed by atoms with Gasteiger partial charge in [-0.1, -0.05) is 6.92 Å². The summed E-state index contributed by atoms with van der Waals surface area (Å²) >= 11 is 0. The first-order chi connectivity index (χ1) is 10.1. The number of nitrogens with one attached hydrogen (secondary N) is 1. The van der Waals surface area contributed by atoms with Gasteiger partial charge < -0.3 is 10.2 Å². The van der Waals surface area contributed by atoms with Crippen LogP contribution >= 0.6 is 0 Å². The highest BCUT2D eigenvalue weighted by Gasteiger charge is 2.17. The highest BCUT2D eigenvalue weighted by molar-refractivity contribution is 5.64. The molecule has 1 N–H and O–H groups in total. The maximum atomic E-state index is 11.0. The summed E-state index contributed by atoms with van der Waals surface area (Å²) < 4.78 is 0. The smallest absolute Gasteiger partial charge is 0.292 e. The van der Waals surface area contributed by atoms with Crippen molar-refractivity contribution in [3.05, 3.63) is 33.9 Å². The van der Waals surface area contributed by atoms with E-state index in [0.717, 1.165) is 19.6 Å². The van der Waals surface area contributed by atoms with Crippen molar-refractivity contribution in [1.82, 2.24) is 4.90 Å². The molecule has 1 atom stereocenters. The van der Waals surface area contributed by atoms with Crippen LogP contribution in [0, 0.1) is 27.4 Å². The first-order valence-corrected chi connectivity index (χ1v) is 7.25. The summed E-state index contributed by atoms with van der Waals surface area (Å²) in [6.07, 6.45) is 2.52. The number of hydrogen-bond donors (Lipinski definition) is 1. The van der Waals surface area contributed by atoms with Gasteiger partial charge in [-0.3, -0.25) is 10.1 Å². The monoisotopic (exact) mass is 288 g/mol. The summed E-state index contributed by atoms with van der Waals surface area (Å²) in [5.41, 5.74) is 0.866. The lowest BCUT2D eigenvalue weighted by Crippen LogP contribution is -2.29. The molecule has 1 fully saturated rings. The van der Waals surface area contributed by atoms with Gasteiger partial charge in [0, 0.05) is 19.2 Å². The summed E-state index contributed by atoms with van der Waals surface area (Å²) in [5, 5.41) is 23.0. The Morgan fingerprint density at radius 3 is 2.81 bits per heavy atom. The van der Waals surface area contributed by atoms with Crippen LogP contribution in [0.15, 0.2) is 18.2 Å². The van der Waals surface area contributed by atoms with Gasteiger partial charge in [-0.05, 0) is 44.0 Å². The molecule has 112 valence electrons. The lowest BCUT2D eigenvalue weighted by molar-refractivity contribution is -0.384. The molecule has 1 unspecified atom stereocenters. The number of nitro groups is 1. The third-order valence-corrected chi connectivity index (χ3v) is 3.73. The van der Waals surface area contributed by atoms with E-state index in [2.05, 4.69) is 17.1 Å². The number of nitriles is 1. The minimum absolute atomic E-state index is 0.0161. The van der Waals surface area contributed by atoms with Crippen LogP contribution in [-0.2, 0) is 0 Å². The fourth-order valence-electron chi connectivity index (χ4n) is 2.66. The van der Waals surface area contributed by atoms with Crippen LogP contribution < -0.4 is 5.32 Å². The average Bonchev–Trinajstić information content (AvgIpc) is 2.97. The summed E-state index contributed by atoms with van der Waals surface area (Å²) in [7, 11) is 0. The lowest BCUT2D eigenvalue weighted by Gasteiger charge is -2.20. The summed E-state index contributed by atoms with van der Waals surface area (Å²) in [6.45, 7) is 6.08. The maximum absolute atomic E-state index is 11.0. The van der Waals surface area contributed by atoms with Gasteiger partial charge >= 0.3 is 0 Å². The molecule has 0 saturated carbocycles. The van der Waals surface area contributed by atoms with Gasteiger partial charge in [0.1, 0.15) is 5.69 Å². The highest BCUT2D eigenvalue weighted by atomic mass is 16.6. The van der Waals surface area contributed by atoms with Crippen LogP contribution in [-0.4, -0.2) is 36.0 Å². The Bertz CT molecular complexity index is 547. The summed E-state index contributed by atoms with van der Waals surface area (Å²) in [5.74, 6) is 0.397. The molecule has 0 aliphatic carbocycles. The highest BCUT2D eigenvalue weighted by Crippen LogP contribution is 2.25. The Labute approximate surface area is 124 Å². The van der Waals surface area contributed by atoms with E-state index in [1.807, 2.05) is 6.07 Å². The summed E-state index contributed by atoms with van der Waals surface area (Å²) in [6, 6.07) is 6.40. The molecule has 1 heterocycles. The van der Waals surface area contributed by atoms with E-state index < -0.39 is 4.92 Å². The first kappa shape index (κ1) is 15.3. The molecule has 1 aliphatic rings. The summed E-state index contributed by atoms with van der Waals surface area (Å²) in [4.78, 5) is 13.0. The van der Waals surface area contributed by atoms with Crippen LogP contribution in [0.4, 0.5) is 11.4 Å². The van der Waals surface area contributed by atoms with Crippen LogP contribution in [0.1, 0.15) is 25.3 Å². The molecule has 1 aromatic carbocycles. The third kappa shape index (κ3) is 4.17. The maximum Gasteiger partial charge on any atom is 0.292 e. The van der Waals surface area contributed by atoms with E-state index >= 15 is 0 Å². The zero-order chi connectivity index (χ0) is 15.2. The van der Waals surface area contributed by atoms with Gasteiger partial charge in [0.15, 0.2) is 0 Å². The van der Waals surface area contributed by atoms with Gasteiger partial charge in [0.05, 0.1) is 16.6 Å². The molecule has 1 aromatic rings. The number of hydrogen-bond acceptors (Lipinski definition) is 5. The average molecular weight is 288 g/mol. The second-order valence-corrected chi connectivity index (χ2v) is 5.59. The third-order valence-electron chi connectivity index (χ3n) is 3.73. The fraction of sp³-hybridized carbons (Fsp3) is 0.533. The largest absolute Gasteiger partial charge is 0.379 e. The normalized spacial score (nSPS) is 16.4. The van der Waals surface area contributed by atoms with Gasteiger partial charge in [0.25, 0.3) is 5.69 Å². The molecule has 6 nitrogen and oxygen atoms in total. The van der Waals surface area contributed by atoms with Gasteiger partial charge in [-0.25, -0.2) is 0 Å². The van der Waals surface area contributed by atoms with E-state index in [9.17, 15) is 10.1 Å². The number of nitro benzene ring substituents is 1. The zero-order valence-electron chi connectivity index (χ0n) is 12.2. The number of anilines is 1. The second-order valence-electron chi connectivity index (χ2n) is 5.59. The van der Waals surface area contributed by atoms with Crippen molar-refractivity contribution in [2.24, 2.45) is 5.92 Å². The van der Waals surface area contributed by atoms with Crippen molar-refractivity contribution in [3.8, 4) is 6.07 Å². The van der Waals surface area contributed by atoms with Crippen molar-refractivity contribution in [2.75, 3.05) is 31.5 Å². The van der Waals surface area contributed by atoms with E-state index in [0.29, 0.717) is 23.7 Å². The van der Waals surface area contributed by atoms with Crippen molar-refractivity contribution in [2.45, 2.75) is 19.8 Å².